The fraction of sp³-hybridized carbons (Fsp3) is 0.0476. The van der Waals surface area contributed by atoms with Gasteiger partial charge in [-0.1, -0.05) is 151 Å². The van der Waals surface area contributed by atoms with Crippen molar-refractivity contribution in [1.82, 2.24) is 9.13 Å². The van der Waals surface area contributed by atoms with Crippen LogP contribution in [0, 0.1) is 20.8 Å². The maximum Gasteiger partial charge on any atom is 0.0547 e. The van der Waals surface area contributed by atoms with Crippen LogP contribution in [0.25, 0.3) is 88.4 Å². The Morgan fingerprint density at radius 1 is 0.303 bits per heavy atom. The predicted molar refractivity (Wildman–Crippen MR) is 280 cm³/mol. The minimum atomic E-state index is 1.11. The van der Waals surface area contributed by atoms with Gasteiger partial charge < -0.3 is 14.0 Å². The monoisotopic (exact) mass is 845 g/mol. The molecule has 0 amide bonds. The molecule has 0 unspecified atom stereocenters. The van der Waals surface area contributed by atoms with Gasteiger partial charge in [0.1, 0.15) is 0 Å². The summed E-state index contributed by atoms with van der Waals surface area (Å²) in [6.45, 7) is 6.54. The quantitative estimate of drug-likeness (QED) is 0.148. The molecule has 314 valence electrons. The number of anilines is 3. The molecular weight excluding hydrogens is 799 g/mol. The molecule has 0 aliphatic rings. The number of aryl methyl sites for hydroxylation is 3. The number of aromatic nitrogens is 2. The van der Waals surface area contributed by atoms with Gasteiger partial charge >= 0.3 is 0 Å². The number of hydrogen-bond acceptors (Lipinski definition) is 1. The summed E-state index contributed by atoms with van der Waals surface area (Å²) >= 11 is 0. The molecule has 3 heteroatoms. The minimum absolute atomic E-state index is 1.11. The van der Waals surface area contributed by atoms with Crippen LogP contribution < -0.4 is 4.90 Å². The van der Waals surface area contributed by atoms with Gasteiger partial charge in [-0.15, -0.1) is 0 Å². The number of fused-ring (bicyclic) bond motifs is 6. The van der Waals surface area contributed by atoms with Crippen LogP contribution in [0.2, 0.25) is 0 Å². The Balaban J connectivity index is 1.13. The highest BCUT2D eigenvalue weighted by molar-refractivity contribution is 6.13. The summed E-state index contributed by atoms with van der Waals surface area (Å²) in [4.78, 5) is 2.38. The fourth-order valence-corrected chi connectivity index (χ4v) is 10.2. The second-order valence-electron chi connectivity index (χ2n) is 17.6. The van der Waals surface area contributed by atoms with Crippen molar-refractivity contribution in [3.8, 4) is 44.8 Å². The molecule has 0 saturated heterocycles. The van der Waals surface area contributed by atoms with Gasteiger partial charge in [0, 0.05) is 50.0 Å². The van der Waals surface area contributed by atoms with E-state index in [-0.39, 0.29) is 0 Å². The Kier molecular flexibility index (Phi) is 9.50. The van der Waals surface area contributed by atoms with E-state index in [2.05, 4.69) is 265 Å². The molecule has 2 heterocycles. The first kappa shape index (κ1) is 39.2. The van der Waals surface area contributed by atoms with E-state index in [1.807, 2.05) is 0 Å². The van der Waals surface area contributed by atoms with Gasteiger partial charge in [-0.3, -0.25) is 0 Å². The van der Waals surface area contributed by atoms with Crippen molar-refractivity contribution in [2.24, 2.45) is 0 Å². The number of hydrogen-bond donors (Lipinski definition) is 0. The number of rotatable bonds is 8. The second-order valence-corrected chi connectivity index (χ2v) is 17.6. The topological polar surface area (TPSA) is 13.1 Å². The van der Waals surface area contributed by atoms with Gasteiger partial charge in [0.2, 0.25) is 0 Å². The minimum Gasteiger partial charge on any atom is -0.310 e. The van der Waals surface area contributed by atoms with Crippen LogP contribution in [0.15, 0.2) is 231 Å². The SMILES string of the molecule is Cc1ccc(N(c2ccc(C)cc2)c2ccc(C)c(-c3cccc(-c4ccc5c6ccccc6n(-c6ccccc6)c5c4)c3-c3ccc4c(c3)c3ccccc3n4-c3ccccc3)c2)cc1. The zero-order chi connectivity index (χ0) is 44.3. The highest BCUT2D eigenvalue weighted by Crippen LogP contribution is 2.46. The molecule has 0 atom stereocenters. The van der Waals surface area contributed by atoms with E-state index in [0.29, 0.717) is 0 Å². The average Bonchev–Trinajstić information content (AvgIpc) is 3.88. The summed E-state index contributed by atoms with van der Waals surface area (Å²) < 4.78 is 4.82. The van der Waals surface area contributed by atoms with Crippen LogP contribution in [0.4, 0.5) is 17.1 Å². The maximum atomic E-state index is 2.43. The molecule has 0 saturated carbocycles. The maximum absolute atomic E-state index is 2.43. The Morgan fingerprint density at radius 3 is 1.44 bits per heavy atom. The summed E-state index contributed by atoms with van der Waals surface area (Å²) in [6.07, 6.45) is 0. The van der Waals surface area contributed by atoms with Crippen LogP contribution in [0.5, 0.6) is 0 Å². The molecule has 0 radical (unpaired) electrons. The zero-order valence-electron chi connectivity index (χ0n) is 37.3. The molecule has 0 aliphatic heterocycles. The first-order valence-electron chi connectivity index (χ1n) is 22.8. The molecule has 12 aromatic rings. The van der Waals surface area contributed by atoms with Crippen LogP contribution in [0.1, 0.15) is 16.7 Å². The van der Waals surface area contributed by atoms with Crippen molar-refractivity contribution in [3.05, 3.63) is 247 Å². The summed E-state index contributed by atoms with van der Waals surface area (Å²) in [6, 6.07) is 84.8. The first-order chi connectivity index (χ1) is 32.5. The van der Waals surface area contributed by atoms with Crippen molar-refractivity contribution >= 4 is 60.7 Å². The van der Waals surface area contributed by atoms with E-state index in [9.17, 15) is 0 Å². The molecule has 0 N–H and O–H groups in total. The molecule has 10 aromatic carbocycles. The van der Waals surface area contributed by atoms with E-state index < -0.39 is 0 Å². The summed E-state index contributed by atoms with van der Waals surface area (Å²) in [5.74, 6) is 0. The van der Waals surface area contributed by atoms with Crippen LogP contribution >= 0.6 is 0 Å². The predicted octanol–water partition coefficient (Wildman–Crippen LogP) is 17.3. The molecular formula is C63H47N3. The lowest BCUT2D eigenvalue weighted by Gasteiger charge is -2.27. The van der Waals surface area contributed by atoms with Gasteiger partial charge in [-0.25, -0.2) is 0 Å². The second kappa shape index (κ2) is 16.0. The van der Waals surface area contributed by atoms with Gasteiger partial charge in [-0.05, 0) is 151 Å². The fourth-order valence-electron chi connectivity index (χ4n) is 10.2. The third-order valence-electron chi connectivity index (χ3n) is 13.4. The van der Waals surface area contributed by atoms with Crippen molar-refractivity contribution in [2.45, 2.75) is 20.8 Å². The Labute approximate surface area is 385 Å². The van der Waals surface area contributed by atoms with Crippen LogP contribution in [-0.4, -0.2) is 9.13 Å². The van der Waals surface area contributed by atoms with Crippen molar-refractivity contribution in [3.63, 3.8) is 0 Å². The molecule has 0 spiro atoms. The van der Waals surface area contributed by atoms with E-state index in [0.717, 1.165) is 28.4 Å². The van der Waals surface area contributed by atoms with Crippen molar-refractivity contribution in [1.29, 1.82) is 0 Å². The van der Waals surface area contributed by atoms with Crippen molar-refractivity contribution in [2.75, 3.05) is 4.90 Å². The molecule has 0 aliphatic carbocycles. The van der Waals surface area contributed by atoms with Gasteiger partial charge in [0.15, 0.2) is 0 Å². The van der Waals surface area contributed by atoms with Gasteiger partial charge in [0.25, 0.3) is 0 Å². The standard InChI is InChI=1S/C63H47N3/c1-42-25-32-49(33-26-42)64(50-34-27-43(2)28-35-50)51-36-29-44(3)57(41-51)56-22-14-21-52(45-30-37-55-53-19-10-12-23-59(53)66(62(55)40-45)48-17-8-5-9-18-48)63(56)46-31-38-61-58(39-46)54-20-11-13-24-60(54)65(61)47-15-6-4-7-16-47/h4-41H,1-3H3. The van der Waals surface area contributed by atoms with Crippen LogP contribution in [-0.2, 0) is 0 Å². The average molecular weight is 846 g/mol. The molecule has 0 fully saturated rings. The van der Waals surface area contributed by atoms with E-state index in [1.54, 1.807) is 0 Å². The van der Waals surface area contributed by atoms with Crippen LogP contribution in [0.3, 0.4) is 0 Å². The zero-order valence-corrected chi connectivity index (χ0v) is 37.3. The number of para-hydroxylation sites is 4. The number of benzene rings is 10. The lowest BCUT2D eigenvalue weighted by Crippen LogP contribution is -2.10. The Morgan fingerprint density at radius 2 is 0.803 bits per heavy atom. The smallest absolute Gasteiger partial charge is 0.0547 e. The van der Waals surface area contributed by atoms with E-state index >= 15 is 0 Å². The molecule has 2 aromatic heterocycles. The summed E-state index contributed by atoms with van der Waals surface area (Å²) in [5.41, 5.74) is 21.2. The molecule has 12 rings (SSSR count). The molecule has 66 heavy (non-hydrogen) atoms. The van der Waals surface area contributed by atoms with E-state index in [4.69, 9.17) is 0 Å². The third kappa shape index (κ3) is 6.59. The molecule has 0 bridgehead atoms. The highest BCUT2D eigenvalue weighted by atomic mass is 15.1. The van der Waals surface area contributed by atoms with Crippen molar-refractivity contribution < 1.29 is 0 Å². The Bertz CT molecular complexity index is 3720. The highest BCUT2D eigenvalue weighted by Gasteiger charge is 2.22. The number of nitrogens with zero attached hydrogens (tertiary/aromatic N) is 3. The van der Waals surface area contributed by atoms with E-state index in [1.165, 1.54) is 93.7 Å². The normalized spacial score (nSPS) is 11.6. The summed E-state index contributed by atoms with van der Waals surface area (Å²) in [5, 5.41) is 4.94. The molecule has 3 nitrogen and oxygen atoms in total. The third-order valence-corrected chi connectivity index (χ3v) is 13.4. The lowest BCUT2D eigenvalue weighted by atomic mass is 9.85. The van der Waals surface area contributed by atoms with Gasteiger partial charge in [-0.2, -0.15) is 0 Å². The van der Waals surface area contributed by atoms with Gasteiger partial charge in [0.05, 0.1) is 22.1 Å². The first-order valence-corrected chi connectivity index (χ1v) is 22.8. The largest absolute Gasteiger partial charge is 0.310 e. The Hall–Kier alpha value is -8.40. The summed E-state index contributed by atoms with van der Waals surface area (Å²) in [7, 11) is 0. The lowest BCUT2D eigenvalue weighted by molar-refractivity contribution is 1.18.